The van der Waals surface area contributed by atoms with E-state index in [9.17, 15) is 5.11 Å². The Kier molecular flexibility index (Phi) is 4.89. The molecule has 3 aliphatic rings. The van der Waals surface area contributed by atoms with Crippen molar-refractivity contribution >= 4 is 0 Å². The summed E-state index contributed by atoms with van der Waals surface area (Å²) in [6, 6.07) is 2.06. The molecule has 0 amide bonds. The highest BCUT2D eigenvalue weighted by Crippen LogP contribution is 2.35. The Hall–Kier alpha value is -0.160. The fourth-order valence-corrected chi connectivity index (χ4v) is 4.37. The molecule has 0 aromatic rings. The number of nitrogens with one attached hydrogen (secondary N) is 1. The first kappa shape index (κ1) is 15.7. The Morgan fingerprint density at radius 2 is 2.05 bits per heavy atom. The molecule has 3 unspecified atom stereocenters. The van der Waals surface area contributed by atoms with Gasteiger partial charge in [0.1, 0.15) is 0 Å². The van der Waals surface area contributed by atoms with Gasteiger partial charge in [-0.2, -0.15) is 0 Å². The summed E-state index contributed by atoms with van der Waals surface area (Å²) in [5.74, 6) is 0. The molecule has 0 spiro atoms. The molecule has 2 N–H and O–H groups in total. The molecule has 21 heavy (non-hydrogen) atoms. The third-order valence-electron chi connectivity index (χ3n) is 6.01. The van der Waals surface area contributed by atoms with Crippen LogP contribution in [0, 0.1) is 0 Å². The Morgan fingerprint density at radius 1 is 1.24 bits per heavy atom. The van der Waals surface area contributed by atoms with Crippen LogP contribution in [-0.2, 0) is 0 Å². The van der Waals surface area contributed by atoms with Crippen molar-refractivity contribution in [2.75, 3.05) is 33.3 Å². The highest BCUT2D eigenvalue weighted by Gasteiger charge is 2.42. The van der Waals surface area contributed by atoms with Crippen LogP contribution < -0.4 is 5.32 Å². The molecule has 0 aromatic heterocycles. The quantitative estimate of drug-likeness (QED) is 0.805. The molecular weight excluding hydrogens is 262 g/mol. The first-order valence-electron chi connectivity index (χ1n) is 8.98. The van der Waals surface area contributed by atoms with Crippen LogP contribution in [0.5, 0.6) is 0 Å². The van der Waals surface area contributed by atoms with E-state index in [0.717, 1.165) is 12.8 Å². The summed E-state index contributed by atoms with van der Waals surface area (Å²) < 4.78 is 0. The Bertz CT molecular complexity index is 347. The SMILES string of the molecule is CCC1CN(C2CCCC(CO)(NC3CC3)C2)CCN1C. The minimum atomic E-state index is 0.00907. The maximum Gasteiger partial charge on any atom is 0.0613 e. The summed E-state index contributed by atoms with van der Waals surface area (Å²) in [5, 5.41) is 13.8. The van der Waals surface area contributed by atoms with E-state index < -0.39 is 0 Å². The second-order valence-corrected chi connectivity index (χ2v) is 7.64. The smallest absolute Gasteiger partial charge is 0.0613 e. The molecule has 0 bridgehead atoms. The van der Waals surface area contributed by atoms with E-state index in [1.807, 2.05) is 0 Å². The van der Waals surface area contributed by atoms with E-state index in [1.54, 1.807) is 0 Å². The van der Waals surface area contributed by atoms with Crippen molar-refractivity contribution in [3.63, 3.8) is 0 Å². The molecule has 1 heterocycles. The van der Waals surface area contributed by atoms with Crippen molar-refractivity contribution in [1.29, 1.82) is 0 Å². The number of nitrogens with zero attached hydrogens (tertiary/aromatic N) is 2. The minimum Gasteiger partial charge on any atom is -0.394 e. The van der Waals surface area contributed by atoms with Crippen LogP contribution in [0.1, 0.15) is 51.9 Å². The highest BCUT2D eigenvalue weighted by atomic mass is 16.3. The standard InChI is InChI=1S/C17H33N3O/c1-3-15-12-20(10-9-19(15)2)16-5-4-8-17(11-16,13-21)18-14-6-7-14/h14-16,18,21H,3-13H2,1-2H3. The van der Waals surface area contributed by atoms with Crippen molar-refractivity contribution in [3.05, 3.63) is 0 Å². The predicted octanol–water partition coefficient (Wildman–Crippen LogP) is 1.44. The lowest BCUT2D eigenvalue weighted by molar-refractivity contribution is 0.0154. The van der Waals surface area contributed by atoms with Gasteiger partial charge in [0.25, 0.3) is 0 Å². The molecular formula is C17H33N3O. The lowest BCUT2D eigenvalue weighted by Gasteiger charge is -2.48. The number of hydrogen-bond acceptors (Lipinski definition) is 4. The highest BCUT2D eigenvalue weighted by molar-refractivity contribution is 5.01. The van der Waals surface area contributed by atoms with Crippen molar-refractivity contribution < 1.29 is 5.11 Å². The maximum absolute atomic E-state index is 9.99. The topological polar surface area (TPSA) is 38.7 Å². The van der Waals surface area contributed by atoms with Crippen LogP contribution >= 0.6 is 0 Å². The minimum absolute atomic E-state index is 0.00907. The molecule has 0 radical (unpaired) electrons. The normalized spacial score (nSPS) is 39.6. The largest absolute Gasteiger partial charge is 0.394 e. The van der Waals surface area contributed by atoms with E-state index in [2.05, 4.69) is 29.1 Å². The average molecular weight is 295 g/mol. The van der Waals surface area contributed by atoms with Crippen LogP contribution in [0.2, 0.25) is 0 Å². The van der Waals surface area contributed by atoms with Crippen LogP contribution in [0.25, 0.3) is 0 Å². The molecule has 2 aliphatic carbocycles. The molecule has 4 nitrogen and oxygen atoms in total. The molecule has 122 valence electrons. The Balaban J connectivity index is 1.62. The summed E-state index contributed by atoms with van der Waals surface area (Å²) in [7, 11) is 2.26. The fourth-order valence-electron chi connectivity index (χ4n) is 4.37. The lowest BCUT2D eigenvalue weighted by Crippen LogP contribution is -2.60. The van der Waals surface area contributed by atoms with Gasteiger partial charge < -0.3 is 15.3 Å². The van der Waals surface area contributed by atoms with E-state index in [0.29, 0.717) is 24.7 Å². The summed E-state index contributed by atoms with van der Waals surface area (Å²) in [4.78, 5) is 5.23. The van der Waals surface area contributed by atoms with Gasteiger partial charge in [-0.3, -0.25) is 4.90 Å². The molecule has 0 aromatic carbocycles. The van der Waals surface area contributed by atoms with Crippen molar-refractivity contribution in [2.45, 2.75) is 75.5 Å². The van der Waals surface area contributed by atoms with Crippen LogP contribution in [0.3, 0.4) is 0 Å². The van der Waals surface area contributed by atoms with Crippen LogP contribution in [-0.4, -0.2) is 71.9 Å². The zero-order valence-corrected chi connectivity index (χ0v) is 13.9. The van der Waals surface area contributed by atoms with Crippen LogP contribution in [0.4, 0.5) is 0 Å². The summed E-state index contributed by atoms with van der Waals surface area (Å²) in [5.41, 5.74) is 0.00907. The number of aliphatic hydroxyl groups excluding tert-OH is 1. The number of aliphatic hydroxyl groups is 1. The second kappa shape index (κ2) is 6.53. The molecule has 3 atom stereocenters. The monoisotopic (exact) mass is 295 g/mol. The first-order chi connectivity index (χ1) is 10.2. The summed E-state index contributed by atoms with van der Waals surface area (Å²) in [6.07, 6.45) is 8.72. The van der Waals surface area contributed by atoms with Gasteiger partial charge in [-0.1, -0.05) is 6.92 Å². The third kappa shape index (κ3) is 3.61. The zero-order chi connectivity index (χ0) is 14.9. The average Bonchev–Trinajstić information content (AvgIpc) is 3.32. The summed E-state index contributed by atoms with van der Waals surface area (Å²) >= 11 is 0. The van der Waals surface area contributed by atoms with E-state index in [4.69, 9.17) is 0 Å². The number of piperazine rings is 1. The van der Waals surface area contributed by atoms with Gasteiger partial charge in [0.15, 0.2) is 0 Å². The Labute approximate surface area is 129 Å². The zero-order valence-electron chi connectivity index (χ0n) is 13.9. The lowest BCUT2D eigenvalue weighted by atomic mass is 9.78. The van der Waals surface area contributed by atoms with Gasteiger partial charge in [0, 0.05) is 43.3 Å². The van der Waals surface area contributed by atoms with E-state index >= 15 is 0 Å². The van der Waals surface area contributed by atoms with Crippen molar-refractivity contribution in [2.24, 2.45) is 0 Å². The molecule has 3 rings (SSSR count). The van der Waals surface area contributed by atoms with E-state index in [-0.39, 0.29) is 5.54 Å². The van der Waals surface area contributed by atoms with Crippen molar-refractivity contribution in [1.82, 2.24) is 15.1 Å². The van der Waals surface area contributed by atoms with Gasteiger partial charge in [-0.25, -0.2) is 0 Å². The molecule has 2 saturated carbocycles. The fraction of sp³-hybridized carbons (Fsp3) is 1.00. The van der Waals surface area contributed by atoms with Gasteiger partial charge >= 0.3 is 0 Å². The van der Waals surface area contributed by atoms with Gasteiger partial charge in [0.05, 0.1) is 6.61 Å². The second-order valence-electron chi connectivity index (χ2n) is 7.64. The maximum atomic E-state index is 9.99. The number of likely N-dealkylation sites (N-methyl/N-ethyl adjacent to an activating group) is 1. The first-order valence-corrected chi connectivity index (χ1v) is 8.98. The molecule has 3 fully saturated rings. The molecule has 1 aliphatic heterocycles. The van der Waals surface area contributed by atoms with Crippen molar-refractivity contribution in [3.8, 4) is 0 Å². The molecule has 4 heteroatoms. The van der Waals surface area contributed by atoms with E-state index in [1.165, 1.54) is 51.7 Å². The summed E-state index contributed by atoms with van der Waals surface area (Å²) in [6.45, 7) is 6.21. The predicted molar refractivity (Wildman–Crippen MR) is 86.5 cm³/mol. The number of hydrogen-bond donors (Lipinski definition) is 2. The molecule has 1 saturated heterocycles. The van der Waals surface area contributed by atoms with Gasteiger partial charge in [0.2, 0.25) is 0 Å². The third-order valence-corrected chi connectivity index (χ3v) is 6.01. The van der Waals surface area contributed by atoms with Gasteiger partial charge in [-0.15, -0.1) is 0 Å². The Morgan fingerprint density at radius 3 is 2.71 bits per heavy atom. The van der Waals surface area contributed by atoms with Gasteiger partial charge in [-0.05, 0) is 52.0 Å². The van der Waals surface area contributed by atoms with Crippen LogP contribution in [0.15, 0.2) is 0 Å². The number of rotatable bonds is 5.